The highest BCUT2D eigenvalue weighted by atomic mass is 15.1. The highest BCUT2D eigenvalue weighted by Gasteiger charge is 2.20. The van der Waals surface area contributed by atoms with Gasteiger partial charge in [-0.1, -0.05) is 24.3 Å². The van der Waals surface area contributed by atoms with Crippen LogP contribution >= 0.6 is 0 Å². The average Bonchev–Trinajstić information content (AvgIpc) is 2.77. The van der Waals surface area contributed by atoms with Gasteiger partial charge in [-0.25, -0.2) is 0 Å². The molecule has 0 saturated carbocycles. The topological polar surface area (TPSA) is 18.5 Å². The van der Waals surface area contributed by atoms with E-state index in [1.54, 1.807) is 0 Å². The molecule has 1 aliphatic heterocycles. The Morgan fingerprint density at radius 3 is 2.53 bits per heavy atom. The molecule has 0 bridgehead atoms. The first-order valence-corrected chi connectivity index (χ1v) is 7.27. The van der Waals surface area contributed by atoms with Gasteiger partial charge in [-0.15, -0.1) is 0 Å². The molecular weight excluding hydrogens is 234 g/mol. The van der Waals surface area contributed by atoms with Crippen molar-refractivity contribution in [3.63, 3.8) is 0 Å². The standard InChI is InChI=1S/C16H27N3/c1-17-10-14-4-6-15(7-5-14)11-19(3)13-16-8-9-18(2)12-16/h4-7,16-17H,8-13H2,1-3H3. The summed E-state index contributed by atoms with van der Waals surface area (Å²) in [4.78, 5) is 4.89. The molecule has 1 heterocycles. The van der Waals surface area contributed by atoms with Crippen molar-refractivity contribution in [1.29, 1.82) is 0 Å². The van der Waals surface area contributed by atoms with Crippen LogP contribution in [-0.2, 0) is 13.1 Å². The summed E-state index contributed by atoms with van der Waals surface area (Å²) < 4.78 is 0. The van der Waals surface area contributed by atoms with Crippen LogP contribution in [0.3, 0.4) is 0 Å². The number of nitrogens with zero attached hydrogens (tertiary/aromatic N) is 2. The van der Waals surface area contributed by atoms with E-state index in [2.05, 4.69) is 53.5 Å². The third-order valence-electron chi connectivity index (χ3n) is 3.92. The number of benzene rings is 1. The highest BCUT2D eigenvalue weighted by molar-refractivity contribution is 5.22. The van der Waals surface area contributed by atoms with Crippen LogP contribution in [0.4, 0.5) is 0 Å². The summed E-state index contributed by atoms with van der Waals surface area (Å²) in [6, 6.07) is 8.96. The van der Waals surface area contributed by atoms with Gasteiger partial charge in [-0.05, 0) is 51.2 Å². The molecule has 0 aromatic heterocycles. The van der Waals surface area contributed by atoms with Crippen molar-refractivity contribution < 1.29 is 0 Å². The second-order valence-electron chi connectivity index (χ2n) is 5.96. The molecule has 2 rings (SSSR count). The van der Waals surface area contributed by atoms with Gasteiger partial charge >= 0.3 is 0 Å². The smallest absolute Gasteiger partial charge is 0.0230 e. The van der Waals surface area contributed by atoms with E-state index in [1.807, 2.05) is 7.05 Å². The summed E-state index contributed by atoms with van der Waals surface area (Å²) in [5.41, 5.74) is 2.76. The maximum atomic E-state index is 3.18. The zero-order chi connectivity index (χ0) is 13.7. The molecule has 0 aliphatic carbocycles. The van der Waals surface area contributed by atoms with Gasteiger partial charge in [0.05, 0.1) is 0 Å². The molecule has 1 aromatic rings. The Morgan fingerprint density at radius 1 is 1.26 bits per heavy atom. The Bertz CT molecular complexity index is 374. The van der Waals surface area contributed by atoms with Crippen molar-refractivity contribution >= 4 is 0 Å². The molecule has 19 heavy (non-hydrogen) atoms. The molecular formula is C16H27N3. The Labute approximate surface area is 117 Å². The van der Waals surface area contributed by atoms with Crippen LogP contribution in [0.2, 0.25) is 0 Å². The lowest BCUT2D eigenvalue weighted by Gasteiger charge is -2.21. The van der Waals surface area contributed by atoms with Gasteiger partial charge in [0.2, 0.25) is 0 Å². The normalized spacial score (nSPS) is 20.3. The average molecular weight is 261 g/mol. The van der Waals surface area contributed by atoms with E-state index in [1.165, 1.54) is 37.2 Å². The molecule has 1 unspecified atom stereocenters. The Kier molecular flexibility index (Phi) is 5.37. The van der Waals surface area contributed by atoms with Crippen molar-refractivity contribution in [1.82, 2.24) is 15.1 Å². The third-order valence-corrected chi connectivity index (χ3v) is 3.92. The van der Waals surface area contributed by atoms with Crippen LogP contribution < -0.4 is 5.32 Å². The fourth-order valence-electron chi connectivity index (χ4n) is 2.96. The van der Waals surface area contributed by atoms with Crippen LogP contribution in [0, 0.1) is 5.92 Å². The summed E-state index contributed by atoms with van der Waals surface area (Å²) in [6.45, 7) is 5.73. The van der Waals surface area contributed by atoms with Crippen LogP contribution in [0.5, 0.6) is 0 Å². The first-order chi connectivity index (χ1) is 9.17. The molecule has 1 atom stereocenters. The summed E-state index contributed by atoms with van der Waals surface area (Å²) in [5, 5.41) is 3.18. The van der Waals surface area contributed by atoms with E-state index in [9.17, 15) is 0 Å². The minimum Gasteiger partial charge on any atom is -0.316 e. The predicted molar refractivity (Wildman–Crippen MR) is 81.1 cm³/mol. The molecule has 106 valence electrons. The van der Waals surface area contributed by atoms with Crippen molar-refractivity contribution in [2.75, 3.05) is 40.8 Å². The number of likely N-dealkylation sites (tertiary alicyclic amines) is 1. The summed E-state index contributed by atoms with van der Waals surface area (Å²) >= 11 is 0. The summed E-state index contributed by atoms with van der Waals surface area (Å²) in [6.07, 6.45) is 1.35. The molecule has 1 saturated heterocycles. The third kappa shape index (κ3) is 4.60. The second-order valence-corrected chi connectivity index (χ2v) is 5.96. The lowest BCUT2D eigenvalue weighted by molar-refractivity contribution is 0.267. The van der Waals surface area contributed by atoms with Gasteiger partial charge in [-0.3, -0.25) is 0 Å². The lowest BCUT2D eigenvalue weighted by Crippen LogP contribution is -2.27. The minimum atomic E-state index is 0.846. The van der Waals surface area contributed by atoms with Crippen LogP contribution in [0.25, 0.3) is 0 Å². The maximum Gasteiger partial charge on any atom is 0.0230 e. The fraction of sp³-hybridized carbons (Fsp3) is 0.625. The Morgan fingerprint density at radius 2 is 1.95 bits per heavy atom. The van der Waals surface area contributed by atoms with Crippen LogP contribution in [0.1, 0.15) is 17.5 Å². The van der Waals surface area contributed by atoms with E-state index in [-0.39, 0.29) is 0 Å². The van der Waals surface area contributed by atoms with Crippen molar-refractivity contribution in [3.8, 4) is 0 Å². The Balaban J connectivity index is 1.79. The number of hydrogen-bond donors (Lipinski definition) is 1. The minimum absolute atomic E-state index is 0.846. The first-order valence-electron chi connectivity index (χ1n) is 7.27. The van der Waals surface area contributed by atoms with Crippen molar-refractivity contribution in [2.24, 2.45) is 5.92 Å². The molecule has 1 N–H and O–H groups in total. The van der Waals surface area contributed by atoms with Gasteiger partial charge < -0.3 is 15.1 Å². The van der Waals surface area contributed by atoms with Gasteiger partial charge in [0.25, 0.3) is 0 Å². The Hall–Kier alpha value is -0.900. The van der Waals surface area contributed by atoms with E-state index in [0.29, 0.717) is 0 Å². The molecule has 1 aliphatic rings. The maximum absolute atomic E-state index is 3.18. The van der Waals surface area contributed by atoms with Gasteiger partial charge in [-0.2, -0.15) is 0 Å². The zero-order valence-electron chi connectivity index (χ0n) is 12.5. The second kappa shape index (κ2) is 7.04. The van der Waals surface area contributed by atoms with E-state index >= 15 is 0 Å². The van der Waals surface area contributed by atoms with E-state index in [0.717, 1.165) is 19.0 Å². The number of rotatable bonds is 6. The van der Waals surface area contributed by atoms with Crippen LogP contribution in [0.15, 0.2) is 24.3 Å². The monoisotopic (exact) mass is 261 g/mol. The molecule has 3 heteroatoms. The van der Waals surface area contributed by atoms with Crippen molar-refractivity contribution in [3.05, 3.63) is 35.4 Å². The quantitative estimate of drug-likeness (QED) is 0.842. The molecule has 0 amide bonds. The number of hydrogen-bond acceptors (Lipinski definition) is 3. The molecule has 0 radical (unpaired) electrons. The number of nitrogens with one attached hydrogen (secondary N) is 1. The first kappa shape index (κ1) is 14.5. The summed E-state index contributed by atoms with van der Waals surface area (Å²) in [7, 11) is 6.45. The van der Waals surface area contributed by atoms with Crippen LogP contribution in [-0.4, -0.2) is 50.6 Å². The predicted octanol–water partition coefficient (Wildman–Crippen LogP) is 1.79. The fourth-order valence-corrected chi connectivity index (χ4v) is 2.96. The van der Waals surface area contributed by atoms with Crippen molar-refractivity contribution in [2.45, 2.75) is 19.5 Å². The van der Waals surface area contributed by atoms with Gasteiger partial charge in [0.1, 0.15) is 0 Å². The highest BCUT2D eigenvalue weighted by Crippen LogP contribution is 2.16. The molecule has 1 fully saturated rings. The van der Waals surface area contributed by atoms with Gasteiger partial charge in [0, 0.05) is 26.2 Å². The van der Waals surface area contributed by atoms with Gasteiger partial charge in [0.15, 0.2) is 0 Å². The SMILES string of the molecule is CNCc1ccc(CN(C)CC2CCN(C)C2)cc1. The van der Waals surface area contributed by atoms with E-state index in [4.69, 9.17) is 0 Å². The lowest BCUT2D eigenvalue weighted by atomic mass is 10.1. The van der Waals surface area contributed by atoms with E-state index < -0.39 is 0 Å². The zero-order valence-corrected chi connectivity index (χ0v) is 12.5. The molecule has 3 nitrogen and oxygen atoms in total. The largest absolute Gasteiger partial charge is 0.316 e. The molecule has 1 aromatic carbocycles. The summed E-state index contributed by atoms with van der Waals surface area (Å²) in [5.74, 6) is 0.846. The molecule has 0 spiro atoms.